The third kappa shape index (κ3) is 3.09. The van der Waals surface area contributed by atoms with Crippen molar-refractivity contribution in [1.29, 1.82) is 0 Å². The van der Waals surface area contributed by atoms with E-state index in [2.05, 4.69) is 41.4 Å². The van der Waals surface area contributed by atoms with Crippen molar-refractivity contribution in [1.82, 2.24) is 14.8 Å². The molecule has 26 heavy (non-hydrogen) atoms. The van der Waals surface area contributed by atoms with E-state index in [1.165, 1.54) is 11.8 Å². The van der Waals surface area contributed by atoms with Gasteiger partial charge in [-0.2, -0.15) is 4.98 Å². The van der Waals surface area contributed by atoms with Crippen molar-refractivity contribution in [3.05, 3.63) is 53.2 Å². The topological polar surface area (TPSA) is 59.8 Å². The van der Waals surface area contributed by atoms with Crippen LogP contribution < -0.4 is 5.32 Å². The van der Waals surface area contributed by atoms with Crippen molar-refractivity contribution in [3.8, 4) is 0 Å². The molecule has 1 atom stereocenters. The molecule has 1 aliphatic carbocycles. The quantitative estimate of drug-likeness (QED) is 0.820. The van der Waals surface area contributed by atoms with Gasteiger partial charge in [0.25, 0.3) is 0 Å². The summed E-state index contributed by atoms with van der Waals surface area (Å²) in [5.41, 5.74) is 2.87. The maximum Gasteiger partial charge on any atom is 0.227 e. The number of rotatable bonds is 3. The van der Waals surface area contributed by atoms with Crippen LogP contribution in [0.2, 0.25) is 0 Å². The van der Waals surface area contributed by atoms with Gasteiger partial charge in [0, 0.05) is 17.7 Å². The number of carbonyl (C=O) groups is 1. The van der Waals surface area contributed by atoms with Crippen LogP contribution in [0.5, 0.6) is 0 Å². The van der Waals surface area contributed by atoms with E-state index in [0.717, 1.165) is 23.3 Å². The lowest BCUT2D eigenvalue weighted by molar-refractivity contribution is -0.118. The number of nitrogens with one attached hydrogen (secondary N) is 1. The van der Waals surface area contributed by atoms with Gasteiger partial charge in [0.05, 0.1) is 0 Å². The second-order valence-electron chi connectivity index (χ2n) is 7.54. The zero-order valence-corrected chi connectivity index (χ0v) is 16.0. The number of benzene rings is 1. The lowest BCUT2D eigenvalue weighted by Gasteiger charge is -2.37. The molecule has 0 amide bonds. The first-order valence-corrected chi connectivity index (χ1v) is 9.96. The van der Waals surface area contributed by atoms with Crippen LogP contribution in [0.25, 0.3) is 6.08 Å². The molecule has 134 valence electrons. The number of fused-ring (bicyclic) bond motifs is 1. The second kappa shape index (κ2) is 6.43. The number of carbonyl (C=O) groups excluding carboxylic acids is 1. The molecule has 0 radical (unpaired) electrons. The number of allylic oxidation sites excluding steroid dienone is 3. The Labute approximate surface area is 157 Å². The number of ketones is 1. The summed E-state index contributed by atoms with van der Waals surface area (Å²) in [7, 11) is 0. The van der Waals surface area contributed by atoms with E-state index in [1.54, 1.807) is 0 Å². The third-order valence-corrected chi connectivity index (χ3v) is 5.34. The number of Topliss-reactive ketones (excluding diaryl/α,β-unsaturated/α-hetero) is 1. The van der Waals surface area contributed by atoms with Gasteiger partial charge < -0.3 is 5.32 Å². The zero-order valence-electron chi connectivity index (χ0n) is 15.2. The van der Waals surface area contributed by atoms with Gasteiger partial charge in [0.1, 0.15) is 6.04 Å². The van der Waals surface area contributed by atoms with Crippen molar-refractivity contribution in [3.63, 3.8) is 0 Å². The average Bonchev–Trinajstić information content (AvgIpc) is 3.01. The highest BCUT2D eigenvalue weighted by molar-refractivity contribution is 7.98. The van der Waals surface area contributed by atoms with Crippen LogP contribution in [0.15, 0.2) is 52.8 Å². The summed E-state index contributed by atoms with van der Waals surface area (Å²) in [5.74, 6) is 0.902. The second-order valence-corrected chi connectivity index (χ2v) is 8.31. The van der Waals surface area contributed by atoms with Gasteiger partial charge in [-0.3, -0.25) is 4.79 Å². The molecule has 1 aliphatic heterocycles. The van der Waals surface area contributed by atoms with Crippen LogP contribution in [-0.2, 0) is 4.79 Å². The normalized spacial score (nSPS) is 21.5. The molecular weight excluding hydrogens is 344 g/mol. The molecule has 1 N–H and O–H groups in total. The SMILES string of the molecule is CSc1nc2n(n1)C(C=Cc1ccccc1)C1=C(CC(C)(C)CC1=O)N2. The Bertz CT molecular complexity index is 911. The molecule has 5 nitrogen and oxygen atoms in total. The highest BCUT2D eigenvalue weighted by Gasteiger charge is 2.40. The summed E-state index contributed by atoms with van der Waals surface area (Å²) in [5, 5.41) is 8.67. The molecule has 2 heterocycles. The van der Waals surface area contributed by atoms with Gasteiger partial charge >= 0.3 is 0 Å². The van der Waals surface area contributed by atoms with Gasteiger partial charge in [-0.1, -0.05) is 68.1 Å². The predicted molar refractivity (Wildman–Crippen MR) is 105 cm³/mol. The molecule has 0 saturated heterocycles. The van der Waals surface area contributed by atoms with Crippen LogP contribution in [-0.4, -0.2) is 26.8 Å². The molecule has 0 fully saturated rings. The van der Waals surface area contributed by atoms with Gasteiger partial charge in [-0.25, -0.2) is 4.68 Å². The molecule has 4 rings (SSSR count). The number of thioether (sulfide) groups is 1. The minimum Gasteiger partial charge on any atom is -0.328 e. The fourth-order valence-electron chi connectivity index (χ4n) is 3.66. The van der Waals surface area contributed by atoms with E-state index < -0.39 is 0 Å². The average molecular weight is 366 g/mol. The molecule has 2 aliphatic rings. The van der Waals surface area contributed by atoms with E-state index >= 15 is 0 Å². The predicted octanol–water partition coefficient (Wildman–Crippen LogP) is 4.32. The van der Waals surface area contributed by atoms with Crippen LogP contribution >= 0.6 is 11.8 Å². The largest absolute Gasteiger partial charge is 0.328 e. The molecule has 0 saturated carbocycles. The summed E-state index contributed by atoms with van der Waals surface area (Å²) in [6.45, 7) is 4.27. The number of anilines is 1. The Morgan fingerprint density at radius 2 is 2.04 bits per heavy atom. The molecule has 0 spiro atoms. The summed E-state index contributed by atoms with van der Waals surface area (Å²) in [6, 6.07) is 9.89. The number of nitrogens with zero attached hydrogens (tertiary/aromatic N) is 3. The van der Waals surface area contributed by atoms with E-state index in [4.69, 9.17) is 0 Å². The van der Waals surface area contributed by atoms with Gasteiger partial charge in [0.2, 0.25) is 11.1 Å². The first-order valence-electron chi connectivity index (χ1n) is 8.74. The summed E-state index contributed by atoms with van der Waals surface area (Å²) in [6.07, 6.45) is 7.47. The molecular formula is C20H22N4OS. The van der Waals surface area contributed by atoms with Crippen molar-refractivity contribution in [2.24, 2.45) is 5.41 Å². The lowest BCUT2D eigenvalue weighted by atomic mass is 9.74. The smallest absolute Gasteiger partial charge is 0.227 e. The fraction of sp³-hybridized carbons (Fsp3) is 0.350. The Morgan fingerprint density at radius 3 is 2.77 bits per heavy atom. The van der Waals surface area contributed by atoms with Crippen LogP contribution in [0.3, 0.4) is 0 Å². The Balaban J connectivity index is 1.79. The van der Waals surface area contributed by atoms with E-state index in [0.29, 0.717) is 17.5 Å². The molecule has 0 bridgehead atoms. The Hall–Kier alpha value is -2.34. The minimum atomic E-state index is -0.224. The van der Waals surface area contributed by atoms with Crippen LogP contribution in [0.4, 0.5) is 5.95 Å². The summed E-state index contributed by atoms with van der Waals surface area (Å²) in [4.78, 5) is 17.5. The summed E-state index contributed by atoms with van der Waals surface area (Å²) >= 11 is 1.50. The molecule has 1 unspecified atom stereocenters. The summed E-state index contributed by atoms with van der Waals surface area (Å²) < 4.78 is 1.83. The standard InChI is InChI=1S/C20H22N4OS/c1-20(2)11-14-17(16(25)12-20)15(10-9-13-7-5-4-6-8-13)24-18(21-14)22-19(23-24)26-3/h4-10,15H,11-12H2,1-3H3,(H,21,22,23). The Morgan fingerprint density at radius 1 is 1.27 bits per heavy atom. The Kier molecular flexibility index (Phi) is 4.23. The highest BCUT2D eigenvalue weighted by atomic mass is 32.2. The highest BCUT2D eigenvalue weighted by Crippen LogP contribution is 2.44. The zero-order chi connectivity index (χ0) is 18.3. The van der Waals surface area contributed by atoms with Crippen LogP contribution in [0.1, 0.15) is 38.3 Å². The van der Waals surface area contributed by atoms with Crippen LogP contribution in [0, 0.1) is 5.41 Å². The fourth-order valence-corrected chi connectivity index (χ4v) is 4.01. The minimum absolute atomic E-state index is 0.0405. The third-order valence-electron chi connectivity index (χ3n) is 4.81. The first kappa shape index (κ1) is 17.1. The molecule has 1 aromatic carbocycles. The van der Waals surface area contributed by atoms with Gasteiger partial charge in [-0.05, 0) is 23.7 Å². The monoisotopic (exact) mass is 366 g/mol. The van der Waals surface area contributed by atoms with E-state index in [-0.39, 0.29) is 17.2 Å². The van der Waals surface area contributed by atoms with Crippen molar-refractivity contribution >= 4 is 29.6 Å². The number of hydrogen-bond donors (Lipinski definition) is 1. The first-order chi connectivity index (χ1) is 12.5. The van der Waals surface area contributed by atoms with Gasteiger partial charge in [-0.15, -0.1) is 5.10 Å². The van der Waals surface area contributed by atoms with E-state index in [1.807, 2.05) is 41.3 Å². The maximum atomic E-state index is 13.0. The van der Waals surface area contributed by atoms with E-state index in [9.17, 15) is 4.79 Å². The maximum absolute atomic E-state index is 13.0. The molecule has 1 aromatic heterocycles. The van der Waals surface area contributed by atoms with Gasteiger partial charge in [0.15, 0.2) is 5.78 Å². The lowest BCUT2D eigenvalue weighted by Crippen LogP contribution is -2.35. The number of aromatic nitrogens is 3. The number of hydrogen-bond acceptors (Lipinski definition) is 5. The van der Waals surface area contributed by atoms with Crippen molar-refractivity contribution in [2.75, 3.05) is 11.6 Å². The van der Waals surface area contributed by atoms with Crippen molar-refractivity contribution < 1.29 is 4.79 Å². The molecule has 2 aromatic rings. The molecule has 6 heteroatoms. The van der Waals surface area contributed by atoms with Crippen molar-refractivity contribution in [2.45, 2.75) is 37.9 Å².